The van der Waals surface area contributed by atoms with E-state index in [-0.39, 0.29) is 11.1 Å². The highest BCUT2D eigenvalue weighted by atomic mass is 16.4. The lowest BCUT2D eigenvalue weighted by Gasteiger charge is -2.02. The number of nitrogens with two attached hydrogens (primary N) is 1. The summed E-state index contributed by atoms with van der Waals surface area (Å²) >= 11 is 0. The number of pyridine rings is 1. The highest BCUT2D eigenvalue weighted by molar-refractivity contribution is 5.94. The molecule has 8 nitrogen and oxygen atoms in total. The molecule has 0 spiro atoms. The molecule has 31 heavy (non-hydrogen) atoms. The molecule has 0 radical (unpaired) electrons. The predicted octanol–water partition coefficient (Wildman–Crippen LogP) is 3.91. The van der Waals surface area contributed by atoms with Crippen LogP contribution in [0.3, 0.4) is 0 Å². The van der Waals surface area contributed by atoms with E-state index in [0.717, 1.165) is 23.0 Å². The Morgan fingerprint density at radius 3 is 2.29 bits per heavy atom. The first kappa shape index (κ1) is 21.3. The van der Waals surface area contributed by atoms with E-state index < -0.39 is 11.9 Å². The molecule has 0 aliphatic heterocycles. The second kappa shape index (κ2) is 9.36. The van der Waals surface area contributed by atoms with Gasteiger partial charge in [0, 0.05) is 24.0 Å². The van der Waals surface area contributed by atoms with Crippen LogP contribution in [0.2, 0.25) is 0 Å². The number of rotatable bonds is 4. The molecule has 0 amide bonds. The first-order chi connectivity index (χ1) is 14.9. The van der Waals surface area contributed by atoms with E-state index in [1.165, 1.54) is 12.1 Å². The number of nitrogen functional groups attached to an aromatic ring is 1. The molecule has 0 bridgehead atoms. The quantitative estimate of drug-likeness (QED) is 0.459. The molecular formula is C23H20N4O4. The third-order valence-electron chi connectivity index (χ3n) is 4.41. The topological polar surface area (TPSA) is 131 Å². The van der Waals surface area contributed by atoms with Gasteiger partial charge in [0.1, 0.15) is 5.82 Å². The van der Waals surface area contributed by atoms with Crippen molar-refractivity contribution < 1.29 is 19.8 Å². The van der Waals surface area contributed by atoms with E-state index in [9.17, 15) is 9.59 Å². The molecule has 8 heteroatoms. The van der Waals surface area contributed by atoms with Crippen LogP contribution in [0.4, 0.5) is 5.82 Å². The number of nitrogens with zero attached hydrogens (tertiary/aromatic N) is 3. The number of carbonyl (C=O) groups is 2. The van der Waals surface area contributed by atoms with Crippen LogP contribution in [0.15, 0.2) is 79.1 Å². The zero-order valence-electron chi connectivity index (χ0n) is 16.6. The Hall–Kier alpha value is -4.46. The monoisotopic (exact) mass is 416 g/mol. The smallest absolute Gasteiger partial charge is 0.335 e. The molecule has 0 aliphatic rings. The molecule has 0 fully saturated rings. The van der Waals surface area contributed by atoms with Crippen LogP contribution in [0, 0.1) is 6.92 Å². The van der Waals surface area contributed by atoms with Crippen molar-refractivity contribution in [2.75, 3.05) is 5.73 Å². The molecule has 0 saturated heterocycles. The SMILES string of the molecule is Cc1ccc(C(=O)O)cc1C(=O)O.Nc1cc(-c2cccnc2)nn1-c1ccccc1. The zero-order chi connectivity index (χ0) is 22.4. The number of carboxylic acids is 2. The molecule has 2 heterocycles. The zero-order valence-corrected chi connectivity index (χ0v) is 16.6. The summed E-state index contributed by atoms with van der Waals surface area (Å²) in [7, 11) is 0. The average Bonchev–Trinajstić information content (AvgIpc) is 3.17. The Morgan fingerprint density at radius 2 is 1.68 bits per heavy atom. The minimum Gasteiger partial charge on any atom is -0.478 e. The Balaban J connectivity index is 0.000000187. The van der Waals surface area contributed by atoms with Crippen LogP contribution < -0.4 is 5.73 Å². The van der Waals surface area contributed by atoms with Gasteiger partial charge in [-0.1, -0.05) is 24.3 Å². The van der Waals surface area contributed by atoms with Gasteiger partial charge in [-0.2, -0.15) is 5.10 Å². The summed E-state index contributed by atoms with van der Waals surface area (Å²) in [4.78, 5) is 25.2. The number of aryl methyl sites for hydroxylation is 1. The van der Waals surface area contributed by atoms with Crippen molar-refractivity contribution in [3.63, 3.8) is 0 Å². The van der Waals surface area contributed by atoms with Crippen molar-refractivity contribution >= 4 is 17.8 Å². The lowest BCUT2D eigenvalue weighted by atomic mass is 10.1. The van der Waals surface area contributed by atoms with E-state index in [1.54, 1.807) is 24.0 Å². The minimum absolute atomic E-state index is 0.0111. The fourth-order valence-electron chi connectivity index (χ4n) is 2.81. The van der Waals surface area contributed by atoms with Crippen molar-refractivity contribution in [1.29, 1.82) is 0 Å². The van der Waals surface area contributed by atoms with Gasteiger partial charge in [0.25, 0.3) is 0 Å². The maximum Gasteiger partial charge on any atom is 0.335 e. The molecular weight excluding hydrogens is 396 g/mol. The van der Waals surface area contributed by atoms with E-state index in [2.05, 4.69) is 10.1 Å². The number of aromatic nitrogens is 3. The first-order valence-electron chi connectivity index (χ1n) is 9.25. The number of benzene rings is 2. The lowest BCUT2D eigenvalue weighted by Crippen LogP contribution is -2.03. The number of aromatic carboxylic acids is 2. The molecule has 4 rings (SSSR count). The van der Waals surface area contributed by atoms with Crippen LogP contribution in [-0.4, -0.2) is 36.9 Å². The maximum absolute atomic E-state index is 10.6. The van der Waals surface area contributed by atoms with Crippen molar-refractivity contribution in [2.45, 2.75) is 6.92 Å². The van der Waals surface area contributed by atoms with Gasteiger partial charge in [0.2, 0.25) is 0 Å². The number of hydrogen-bond acceptors (Lipinski definition) is 5. The van der Waals surface area contributed by atoms with Crippen LogP contribution in [0.25, 0.3) is 16.9 Å². The van der Waals surface area contributed by atoms with Gasteiger partial charge in [0.05, 0.1) is 22.5 Å². The third kappa shape index (κ3) is 5.13. The van der Waals surface area contributed by atoms with Gasteiger partial charge >= 0.3 is 11.9 Å². The normalized spacial score (nSPS) is 10.1. The minimum atomic E-state index is -1.12. The molecule has 0 aliphatic carbocycles. The molecule has 4 N–H and O–H groups in total. The predicted molar refractivity (Wildman–Crippen MR) is 116 cm³/mol. The summed E-state index contributed by atoms with van der Waals surface area (Å²) in [5, 5.41) is 21.8. The standard InChI is InChI=1S/C14H12N4.C9H8O4/c15-14-9-13(11-5-4-8-16-10-11)17-18(14)12-6-2-1-3-7-12;1-5-2-3-6(8(10)11)4-7(5)9(12)13/h1-10H,15H2;2-4H,1H3,(H,10,11)(H,12,13). The van der Waals surface area contributed by atoms with Crippen molar-refractivity contribution in [1.82, 2.24) is 14.8 Å². The molecule has 2 aromatic carbocycles. The van der Waals surface area contributed by atoms with Crippen LogP contribution in [0.5, 0.6) is 0 Å². The van der Waals surface area contributed by atoms with Crippen LogP contribution in [-0.2, 0) is 0 Å². The Kier molecular flexibility index (Phi) is 6.42. The highest BCUT2D eigenvalue weighted by Gasteiger charge is 2.11. The molecule has 4 aromatic rings. The average molecular weight is 416 g/mol. The summed E-state index contributed by atoms with van der Waals surface area (Å²) in [6.07, 6.45) is 3.51. The summed E-state index contributed by atoms with van der Waals surface area (Å²) in [6, 6.07) is 19.5. The number of hydrogen-bond donors (Lipinski definition) is 3. The van der Waals surface area contributed by atoms with E-state index >= 15 is 0 Å². The maximum atomic E-state index is 10.6. The van der Waals surface area contributed by atoms with E-state index in [0.29, 0.717) is 11.4 Å². The van der Waals surface area contributed by atoms with E-state index in [1.807, 2.05) is 48.5 Å². The van der Waals surface area contributed by atoms with Gasteiger partial charge in [-0.05, 0) is 48.9 Å². The molecule has 0 saturated carbocycles. The fraction of sp³-hybridized carbons (Fsp3) is 0.0435. The highest BCUT2D eigenvalue weighted by Crippen LogP contribution is 2.21. The van der Waals surface area contributed by atoms with Crippen molar-refractivity contribution in [3.8, 4) is 16.9 Å². The van der Waals surface area contributed by atoms with Crippen LogP contribution in [0.1, 0.15) is 26.3 Å². The number of carboxylic acid groups (broad SMARTS) is 2. The Morgan fingerprint density at radius 1 is 0.935 bits per heavy atom. The number of para-hydroxylation sites is 1. The van der Waals surface area contributed by atoms with E-state index in [4.69, 9.17) is 15.9 Å². The van der Waals surface area contributed by atoms with Crippen molar-refractivity contribution in [3.05, 3.63) is 95.8 Å². The summed E-state index contributed by atoms with van der Waals surface area (Å²) in [6.45, 7) is 1.62. The second-order valence-corrected chi connectivity index (χ2v) is 6.58. The first-order valence-corrected chi connectivity index (χ1v) is 9.25. The van der Waals surface area contributed by atoms with Gasteiger partial charge in [-0.25, -0.2) is 14.3 Å². The van der Waals surface area contributed by atoms with Gasteiger partial charge in [-0.15, -0.1) is 0 Å². The summed E-state index contributed by atoms with van der Waals surface area (Å²) < 4.78 is 1.72. The molecule has 156 valence electrons. The molecule has 0 atom stereocenters. The Labute approximate surface area is 178 Å². The summed E-state index contributed by atoms with van der Waals surface area (Å²) in [5.41, 5.74) is 9.29. The van der Waals surface area contributed by atoms with Crippen LogP contribution >= 0.6 is 0 Å². The van der Waals surface area contributed by atoms with Gasteiger partial charge in [0.15, 0.2) is 0 Å². The molecule has 0 unspecified atom stereocenters. The summed E-state index contributed by atoms with van der Waals surface area (Å²) in [5.74, 6) is -1.62. The van der Waals surface area contributed by atoms with Gasteiger partial charge < -0.3 is 15.9 Å². The third-order valence-corrected chi connectivity index (χ3v) is 4.41. The Bertz CT molecular complexity index is 1200. The lowest BCUT2D eigenvalue weighted by molar-refractivity contribution is 0.0695. The number of anilines is 1. The molecule has 2 aromatic heterocycles. The van der Waals surface area contributed by atoms with Gasteiger partial charge in [-0.3, -0.25) is 4.98 Å². The fourth-order valence-corrected chi connectivity index (χ4v) is 2.81. The van der Waals surface area contributed by atoms with Crippen molar-refractivity contribution in [2.24, 2.45) is 0 Å². The largest absolute Gasteiger partial charge is 0.478 e. The second-order valence-electron chi connectivity index (χ2n) is 6.58.